The quantitative estimate of drug-likeness (QED) is 0.245. The van der Waals surface area contributed by atoms with E-state index in [9.17, 15) is 27.5 Å². The van der Waals surface area contributed by atoms with Gasteiger partial charge in [-0.2, -0.15) is 0 Å². The van der Waals surface area contributed by atoms with Crippen LogP contribution in [0.1, 0.15) is 31.6 Å². The molecule has 3 aromatic rings. The van der Waals surface area contributed by atoms with E-state index in [2.05, 4.69) is 15.4 Å². The van der Waals surface area contributed by atoms with Crippen molar-refractivity contribution in [2.45, 2.75) is 50.2 Å². The molecule has 2 aromatic carbocycles. The zero-order chi connectivity index (χ0) is 27.9. The van der Waals surface area contributed by atoms with E-state index >= 15 is 0 Å². The highest BCUT2D eigenvalue weighted by molar-refractivity contribution is 7.89. The zero-order valence-corrected chi connectivity index (χ0v) is 23.4. The van der Waals surface area contributed by atoms with Crippen LogP contribution in [-0.2, 0) is 26.0 Å². The van der Waals surface area contributed by atoms with Gasteiger partial charge in [0.15, 0.2) is 0 Å². The SMILES string of the molecule is CC(C)C[C@H](NC(=O)Cc1cc2ccccc2s1)C(=O)NC[C@@H](O)CCNS(=O)(=O)c1ccc(F)cc1Cl. The van der Waals surface area contributed by atoms with E-state index in [0.29, 0.717) is 6.42 Å². The minimum absolute atomic E-state index is 0.00542. The van der Waals surface area contributed by atoms with Crippen molar-refractivity contribution in [2.24, 2.45) is 5.92 Å². The number of hydrogen-bond donors (Lipinski definition) is 4. The number of amides is 2. The van der Waals surface area contributed by atoms with Gasteiger partial charge in [0.1, 0.15) is 16.8 Å². The molecular formula is C26H31ClFN3O5S2. The van der Waals surface area contributed by atoms with Gasteiger partial charge in [-0.15, -0.1) is 11.3 Å². The van der Waals surface area contributed by atoms with Crippen molar-refractivity contribution < 1.29 is 27.5 Å². The van der Waals surface area contributed by atoms with E-state index in [1.807, 2.05) is 44.2 Å². The Balaban J connectivity index is 1.48. The molecule has 12 heteroatoms. The van der Waals surface area contributed by atoms with Crippen LogP contribution in [0.3, 0.4) is 0 Å². The Morgan fingerprint density at radius 2 is 1.87 bits per heavy atom. The van der Waals surface area contributed by atoms with E-state index in [1.165, 1.54) is 11.3 Å². The fourth-order valence-electron chi connectivity index (χ4n) is 3.80. The summed E-state index contributed by atoms with van der Waals surface area (Å²) in [5.41, 5.74) is 0. The molecule has 38 heavy (non-hydrogen) atoms. The summed E-state index contributed by atoms with van der Waals surface area (Å²) in [4.78, 5) is 26.1. The van der Waals surface area contributed by atoms with Gasteiger partial charge in [0.2, 0.25) is 21.8 Å². The summed E-state index contributed by atoms with van der Waals surface area (Å²) in [5.74, 6) is -1.23. The van der Waals surface area contributed by atoms with E-state index in [1.54, 1.807) is 0 Å². The van der Waals surface area contributed by atoms with Gasteiger partial charge in [0, 0.05) is 22.7 Å². The minimum atomic E-state index is -4.00. The Kier molecular flexibility index (Phi) is 10.6. The maximum absolute atomic E-state index is 13.2. The van der Waals surface area contributed by atoms with Gasteiger partial charge < -0.3 is 15.7 Å². The van der Waals surface area contributed by atoms with E-state index in [0.717, 1.165) is 33.2 Å². The number of thiophene rings is 1. The van der Waals surface area contributed by atoms with Crippen molar-refractivity contribution in [3.8, 4) is 0 Å². The maximum Gasteiger partial charge on any atom is 0.242 e. The molecule has 2 amide bonds. The first-order valence-electron chi connectivity index (χ1n) is 12.1. The number of benzene rings is 2. The Morgan fingerprint density at radius 3 is 2.55 bits per heavy atom. The summed E-state index contributed by atoms with van der Waals surface area (Å²) in [5, 5.41) is 16.5. The number of aliphatic hydroxyl groups is 1. The molecule has 0 saturated carbocycles. The summed E-state index contributed by atoms with van der Waals surface area (Å²) in [6.45, 7) is 3.62. The van der Waals surface area contributed by atoms with Crippen LogP contribution in [0.4, 0.5) is 4.39 Å². The molecule has 1 heterocycles. The lowest BCUT2D eigenvalue weighted by molar-refractivity contribution is -0.129. The monoisotopic (exact) mass is 583 g/mol. The summed E-state index contributed by atoms with van der Waals surface area (Å²) >= 11 is 7.35. The van der Waals surface area contributed by atoms with Gasteiger partial charge in [-0.3, -0.25) is 9.59 Å². The standard InChI is InChI=1S/C26H31ClFN3O5S2/c1-16(2)11-22(31-25(33)14-20-12-17-5-3-4-6-23(17)37-20)26(34)29-15-19(32)9-10-30-38(35,36)24-8-7-18(28)13-21(24)27/h3-8,12-13,16,19,22,30,32H,9-11,14-15H2,1-2H3,(H,29,34)(H,31,33)/t19-,22-/m0/s1. The van der Waals surface area contributed by atoms with Crippen LogP contribution in [0.2, 0.25) is 5.02 Å². The molecule has 4 N–H and O–H groups in total. The third kappa shape index (κ3) is 8.74. The largest absolute Gasteiger partial charge is 0.391 e. The number of halogens is 2. The number of carbonyl (C=O) groups excluding carboxylic acids is 2. The Labute approximate surface area is 230 Å². The molecule has 0 bridgehead atoms. The second-order valence-corrected chi connectivity index (χ2v) is 12.6. The number of fused-ring (bicyclic) bond motifs is 1. The Hall–Kier alpha value is -2.57. The van der Waals surface area contributed by atoms with E-state index in [4.69, 9.17) is 11.6 Å². The lowest BCUT2D eigenvalue weighted by atomic mass is 10.0. The molecule has 0 spiro atoms. The molecule has 0 radical (unpaired) electrons. The summed E-state index contributed by atoms with van der Waals surface area (Å²) in [6.07, 6.45) is -0.467. The van der Waals surface area contributed by atoms with Gasteiger partial charge in [0.05, 0.1) is 17.5 Å². The first-order valence-corrected chi connectivity index (χ1v) is 14.8. The number of aliphatic hydroxyl groups excluding tert-OH is 1. The number of nitrogens with one attached hydrogen (secondary N) is 3. The third-order valence-corrected chi connectivity index (χ3v) is 8.70. The van der Waals surface area contributed by atoms with Crippen molar-refractivity contribution in [1.29, 1.82) is 0 Å². The highest BCUT2D eigenvalue weighted by Crippen LogP contribution is 2.25. The van der Waals surface area contributed by atoms with E-state index in [-0.39, 0.29) is 47.7 Å². The number of carbonyl (C=O) groups is 2. The molecule has 1 aromatic heterocycles. The predicted molar refractivity (Wildman–Crippen MR) is 147 cm³/mol. The van der Waals surface area contributed by atoms with Crippen molar-refractivity contribution in [3.63, 3.8) is 0 Å². The van der Waals surface area contributed by atoms with Crippen LogP contribution in [0, 0.1) is 11.7 Å². The molecular weight excluding hydrogens is 553 g/mol. The Bertz CT molecular complexity index is 1350. The van der Waals surface area contributed by atoms with Gasteiger partial charge in [-0.25, -0.2) is 17.5 Å². The van der Waals surface area contributed by atoms with Gasteiger partial charge >= 0.3 is 0 Å². The molecule has 206 valence electrons. The van der Waals surface area contributed by atoms with Gasteiger partial charge in [-0.1, -0.05) is 43.6 Å². The van der Waals surface area contributed by atoms with Crippen molar-refractivity contribution in [2.75, 3.05) is 13.1 Å². The maximum atomic E-state index is 13.2. The molecule has 2 atom stereocenters. The molecule has 0 aliphatic carbocycles. The number of sulfonamides is 1. The molecule has 0 aliphatic heterocycles. The fraction of sp³-hybridized carbons (Fsp3) is 0.385. The lowest BCUT2D eigenvalue weighted by Crippen LogP contribution is -2.49. The highest BCUT2D eigenvalue weighted by atomic mass is 35.5. The normalized spacial score (nSPS) is 13.4. The van der Waals surface area contributed by atoms with Crippen molar-refractivity contribution in [1.82, 2.24) is 15.4 Å². The zero-order valence-electron chi connectivity index (χ0n) is 21.0. The highest BCUT2D eigenvalue weighted by Gasteiger charge is 2.23. The van der Waals surface area contributed by atoms with E-state index < -0.39 is 33.9 Å². The summed E-state index contributed by atoms with van der Waals surface area (Å²) in [7, 11) is -4.00. The van der Waals surface area contributed by atoms with Crippen LogP contribution in [0.5, 0.6) is 0 Å². The van der Waals surface area contributed by atoms with Crippen LogP contribution in [0.25, 0.3) is 10.1 Å². The first kappa shape index (κ1) is 30.0. The van der Waals surface area contributed by atoms with Crippen molar-refractivity contribution >= 4 is 54.9 Å². The predicted octanol–water partition coefficient (Wildman–Crippen LogP) is 3.61. The molecule has 0 fully saturated rings. The fourth-order valence-corrected chi connectivity index (χ4v) is 6.44. The molecule has 0 saturated heterocycles. The Morgan fingerprint density at radius 1 is 1.13 bits per heavy atom. The second-order valence-electron chi connectivity index (χ2n) is 9.34. The molecule has 8 nitrogen and oxygen atoms in total. The smallest absolute Gasteiger partial charge is 0.242 e. The summed E-state index contributed by atoms with van der Waals surface area (Å²) in [6, 6.07) is 12.0. The van der Waals surface area contributed by atoms with Crippen LogP contribution >= 0.6 is 22.9 Å². The minimum Gasteiger partial charge on any atom is -0.391 e. The van der Waals surface area contributed by atoms with Gasteiger partial charge in [0.25, 0.3) is 0 Å². The molecule has 3 rings (SSSR count). The topological polar surface area (TPSA) is 125 Å². The second kappa shape index (κ2) is 13.5. The average Bonchev–Trinajstić information content (AvgIpc) is 3.23. The number of hydrogen-bond acceptors (Lipinski definition) is 6. The van der Waals surface area contributed by atoms with Crippen molar-refractivity contribution in [3.05, 3.63) is 64.2 Å². The van der Waals surface area contributed by atoms with Crippen LogP contribution in [-0.4, -0.2) is 50.6 Å². The van der Waals surface area contributed by atoms with Gasteiger partial charge in [-0.05, 0) is 54.5 Å². The lowest BCUT2D eigenvalue weighted by Gasteiger charge is -2.21. The molecule has 0 aliphatic rings. The first-order chi connectivity index (χ1) is 17.9. The van der Waals surface area contributed by atoms with Crippen LogP contribution in [0.15, 0.2) is 53.4 Å². The summed E-state index contributed by atoms with van der Waals surface area (Å²) < 4.78 is 41.3. The third-order valence-electron chi connectivity index (χ3n) is 5.64. The average molecular weight is 584 g/mol. The van der Waals surface area contributed by atoms with Crippen LogP contribution < -0.4 is 15.4 Å². The number of rotatable bonds is 13. The molecule has 0 unspecified atom stereocenters.